The van der Waals surface area contributed by atoms with Crippen LogP contribution in [0.2, 0.25) is 0 Å². The van der Waals surface area contributed by atoms with Crippen molar-refractivity contribution >= 4 is 9.84 Å². The largest absolute Gasteiger partial charge is 0.454 e. The molecule has 0 aliphatic carbocycles. The van der Waals surface area contributed by atoms with Gasteiger partial charge < -0.3 is 19.9 Å². The zero-order chi connectivity index (χ0) is 13.0. The smallest absolute Gasteiger partial charge is 0.231 e. The van der Waals surface area contributed by atoms with E-state index in [1.807, 2.05) is 0 Å². The molecule has 2 N–H and O–H groups in total. The van der Waals surface area contributed by atoms with Crippen molar-refractivity contribution in [2.24, 2.45) is 5.73 Å². The van der Waals surface area contributed by atoms with E-state index in [9.17, 15) is 8.42 Å². The van der Waals surface area contributed by atoms with Crippen LogP contribution in [0.5, 0.6) is 11.5 Å². The van der Waals surface area contributed by atoms with Crippen molar-refractivity contribution < 1.29 is 22.6 Å². The van der Waals surface area contributed by atoms with Crippen LogP contribution in [0.25, 0.3) is 0 Å². The summed E-state index contributed by atoms with van der Waals surface area (Å²) in [4.78, 5) is 0.211. The Morgan fingerprint density at radius 1 is 1.22 bits per heavy atom. The predicted molar refractivity (Wildman–Crippen MR) is 64.5 cm³/mol. The summed E-state index contributed by atoms with van der Waals surface area (Å²) in [5, 5.41) is 0. The molecule has 0 saturated heterocycles. The summed E-state index contributed by atoms with van der Waals surface area (Å²) < 4.78 is 39.3. The third-order valence-corrected chi connectivity index (χ3v) is 4.14. The van der Waals surface area contributed by atoms with Crippen LogP contribution in [-0.4, -0.2) is 40.7 Å². The van der Waals surface area contributed by atoms with Gasteiger partial charge in [-0.15, -0.1) is 0 Å². The Balaban J connectivity index is 2.05. The van der Waals surface area contributed by atoms with E-state index in [-0.39, 0.29) is 24.0 Å². The van der Waals surface area contributed by atoms with Gasteiger partial charge in [-0.2, -0.15) is 0 Å². The molecule has 0 fully saturated rings. The number of ether oxygens (including phenoxy) is 3. The van der Waals surface area contributed by atoms with Gasteiger partial charge in [0, 0.05) is 12.6 Å². The van der Waals surface area contributed by atoms with Crippen molar-refractivity contribution in [3.63, 3.8) is 0 Å². The maximum atomic E-state index is 12.0. The third kappa shape index (κ3) is 2.92. The first-order chi connectivity index (χ1) is 8.63. The highest BCUT2D eigenvalue weighted by Gasteiger charge is 2.20. The zero-order valence-electron chi connectivity index (χ0n) is 9.79. The summed E-state index contributed by atoms with van der Waals surface area (Å²) in [7, 11) is -3.36. The van der Waals surface area contributed by atoms with E-state index in [1.165, 1.54) is 12.1 Å². The van der Waals surface area contributed by atoms with Gasteiger partial charge in [0.05, 0.1) is 23.9 Å². The van der Waals surface area contributed by atoms with Crippen LogP contribution >= 0.6 is 0 Å². The van der Waals surface area contributed by atoms with Gasteiger partial charge >= 0.3 is 0 Å². The van der Waals surface area contributed by atoms with Gasteiger partial charge in [0.2, 0.25) is 6.79 Å². The van der Waals surface area contributed by atoms with E-state index < -0.39 is 9.84 Å². The molecule has 1 aromatic carbocycles. The first-order valence-corrected chi connectivity index (χ1v) is 7.19. The maximum Gasteiger partial charge on any atom is 0.231 e. The zero-order valence-corrected chi connectivity index (χ0v) is 10.6. The Kier molecular flexibility index (Phi) is 4.05. The average molecular weight is 273 g/mol. The molecule has 1 aliphatic heterocycles. The second-order valence-electron chi connectivity index (χ2n) is 3.73. The molecule has 0 atom stereocenters. The molecule has 0 amide bonds. The highest BCUT2D eigenvalue weighted by Crippen LogP contribution is 2.33. The van der Waals surface area contributed by atoms with E-state index in [4.69, 9.17) is 19.9 Å². The fraction of sp³-hybridized carbons (Fsp3) is 0.455. The average Bonchev–Trinajstić information content (AvgIpc) is 2.82. The number of hydrogen-bond donors (Lipinski definition) is 1. The summed E-state index contributed by atoms with van der Waals surface area (Å²) in [6.07, 6.45) is 0. The number of rotatable bonds is 6. The maximum absolute atomic E-state index is 12.0. The molecule has 7 heteroatoms. The molecule has 0 radical (unpaired) electrons. The van der Waals surface area contributed by atoms with Gasteiger partial charge in [-0.25, -0.2) is 8.42 Å². The molecular formula is C11H15NO5S. The molecule has 0 saturated carbocycles. The van der Waals surface area contributed by atoms with Crippen LogP contribution in [0.1, 0.15) is 0 Å². The summed E-state index contributed by atoms with van der Waals surface area (Å²) in [5.41, 5.74) is 5.25. The second-order valence-corrected chi connectivity index (χ2v) is 5.84. The Bertz CT molecular complexity index is 514. The minimum absolute atomic E-state index is 0.0767. The predicted octanol–water partition coefficient (Wildman–Crippen LogP) is 0.164. The van der Waals surface area contributed by atoms with Crippen LogP contribution in [-0.2, 0) is 14.6 Å². The van der Waals surface area contributed by atoms with Crippen LogP contribution in [0.15, 0.2) is 23.1 Å². The van der Waals surface area contributed by atoms with Crippen molar-refractivity contribution in [1.29, 1.82) is 0 Å². The fourth-order valence-electron chi connectivity index (χ4n) is 1.54. The van der Waals surface area contributed by atoms with Crippen molar-refractivity contribution in [2.75, 3.05) is 32.3 Å². The molecule has 1 aliphatic rings. The number of nitrogens with two attached hydrogens (primary N) is 1. The molecule has 0 bridgehead atoms. The first kappa shape index (κ1) is 13.1. The lowest BCUT2D eigenvalue weighted by atomic mass is 10.3. The first-order valence-electron chi connectivity index (χ1n) is 5.54. The van der Waals surface area contributed by atoms with E-state index >= 15 is 0 Å². The molecule has 0 spiro atoms. The monoisotopic (exact) mass is 273 g/mol. The van der Waals surface area contributed by atoms with Crippen molar-refractivity contribution in [2.45, 2.75) is 4.90 Å². The second kappa shape index (κ2) is 5.55. The number of sulfone groups is 1. The van der Waals surface area contributed by atoms with Crippen LogP contribution in [0, 0.1) is 0 Å². The summed E-state index contributed by atoms with van der Waals surface area (Å²) in [6.45, 7) is 0.993. The minimum atomic E-state index is -3.36. The SMILES string of the molecule is NCCOCCS(=O)(=O)c1ccc2c(c1)OCO2. The number of hydrogen-bond acceptors (Lipinski definition) is 6. The molecule has 100 valence electrons. The highest BCUT2D eigenvalue weighted by atomic mass is 32.2. The van der Waals surface area contributed by atoms with Gasteiger partial charge in [-0.1, -0.05) is 0 Å². The summed E-state index contributed by atoms with van der Waals surface area (Å²) in [6, 6.07) is 4.57. The third-order valence-electron chi connectivity index (χ3n) is 2.46. The lowest BCUT2D eigenvalue weighted by molar-refractivity contribution is 0.157. The van der Waals surface area contributed by atoms with Crippen molar-refractivity contribution in [3.8, 4) is 11.5 Å². The summed E-state index contributed by atoms with van der Waals surface area (Å²) in [5.74, 6) is 0.944. The fourth-order valence-corrected chi connectivity index (χ4v) is 2.68. The van der Waals surface area contributed by atoms with Gasteiger partial charge in [0.15, 0.2) is 21.3 Å². The summed E-state index contributed by atoms with van der Waals surface area (Å²) >= 11 is 0. The van der Waals surface area contributed by atoms with Crippen LogP contribution in [0.3, 0.4) is 0 Å². The van der Waals surface area contributed by atoms with Crippen LogP contribution < -0.4 is 15.2 Å². The van der Waals surface area contributed by atoms with E-state index in [0.717, 1.165) is 0 Å². The van der Waals surface area contributed by atoms with Gasteiger partial charge in [0.1, 0.15) is 0 Å². The van der Waals surface area contributed by atoms with Crippen LogP contribution in [0.4, 0.5) is 0 Å². The molecule has 2 rings (SSSR count). The number of fused-ring (bicyclic) bond motifs is 1. The highest BCUT2D eigenvalue weighted by molar-refractivity contribution is 7.91. The molecule has 6 nitrogen and oxygen atoms in total. The molecule has 1 heterocycles. The quantitative estimate of drug-likeness (QED) is 0.743. The molecule has 0 unspecified atom stereocenters. The molecular weight excluding hydrogens is 258 g/mol. The standard InChI is InChI=1S/C11H15NO5S/c12-3-4-15-5-6-18(13,14)9-1-2-10-11(7-9)17-8-16-10/h1-2,7H,3-6,8,12H2. The van der Waals surface area contributed by atoms with Gasteiger partial charge in [-0.3, -0.25) is 0 Å². The lowest BCUT2D eigenvalue weighted by Gasteiger charge is -2.06. The van der Waals surface area contributed by atoms with E-state index in [0.29, 0.717) is 24.7 Å². The topological polar surface area (TPSA) is 87.9 Å². The van der Waals surface area contributed by atoms with Gasteiger partial charge in [0.25, 0.3) is 0 Å². The Labute approximate surface area is 106 Å². The van der Waals surface area contributed by atoms with Gasteiger partial charge in [-0.05, 0) is 12.1 Å². The molecule has 0 aromatic heterocycles. The normalized spacial score (nSPS) is 13.8. The Morgan fingerprint density at radius 2 is 2.00 bits per heavy atom. The number of benzene rings is 1. The molecule has 18 heavy (non-hydrogen) atoms. The molecule has 1 aromatic rings. The van der Waals surface area contributed by atoms with E-state index in [2.05, 4.69) is 0 Å². The van der Waals surface area contributed by atoms with E-state index in [1.54, 1.807) is 6.07 Å². The Morgan fingerprint density at radius 3 is 2.78 bits per heavy atom. The minimum Gasteiger partial charge on any atom is -0.454 e. The van der Waals surface area contributed by atoms with Crippen molar-refractivity contribution in [3.05, 3.63) is 18.2 Å². The lowest BCUT2D eigenvalue weighted by Crippen LogP contribution is -2.16. The Hall–Kier alpha value is -1.31. The van der Waals surface area contributed by atoms with Crippen molar-refractivity contribution in [1.82, 2.24) is 0 Å².